The smallest absolute Gasteiger partial charge is 0.330 e. The molecule has 1 unspecified atom stereocenters. The number of hydrogen-bond donors (Lipinski definition) is 2. The number of carbonyl (C=O) groups excluding carboxylic acids is 1. The standard InChI is InChI=1S/C20H22FNO6/c1-26-9-4-10-28-15-6-3-5-14(11-15)19(23)22-18(20(24)25)13-7-8-17(27-2)16(21)12-13/h3,5-8,11-12,18H,4,9-10H2,1-2H3,(H,22,23)(H,24,25). The fraction of sp³-hybridized carbons (Fsp3) is 0.300. The number of amides is 1. The molecule has 0 aliphatic carbocycles. The molecule has 2 rings (SSSR count). The third-order valence-corrected chi connectivity index (χ3v) is 3.89. The van der Waals surface area contributed by atoms with E-state index in [1.807, 2.05) is 0 Å². The third kappa shape index (κ3) is 5.68. The maximum atomic E-state index is 13.9. The van der Waals surface area contributed by atoms with Gasteiger partial charge in [0.2, 0.25) is 0 Å². The molecule has 1 amide bonds. The second-order valence-electron chi connectivity index (χ2n) is 5.86. The van der Waals surface area contributed by atoms with Gasteiger partial charge in [-0.25, -0.2) is 9.18 Å². The minimum absolute atomic E-state index is 0.0162. The molecule has 2 aromatic rings. The van der Waals surface area contributed by atoms with Gasteiger partial charge in [0.25, 0.3) is 5.91 Å². The molecule has 0 spiro atoms. The minimum atomic E-state index is -1.42. The second kappa shape index (κ2) is 10.3. The molecule has 0 heterocycles. The molecule has 150 valence electrons. The molecule has 0 saturated carbocycles. The first-order valence-corrected chi connectivity index (χ1v) is 8.55. The fourth-order valence-corrected chi connectivity index (χ4v) is 2.48. The monoisotopic (exact) mass is 391 g/mol. The Morgan fingerprint density at radius 1 is 1.14 bits per heavy atom. The van der Waals surface area contributed by atoms with E-state index in [1.165, 1.54) is 31.4 Å². The van der Waals surface area contributed by atoms with Crippen molar-refractivity contribution in [2.45, 2.75) is 12.5 Å². The van der Waals surface area contributed by atoms with Crippen LogP contribution in [0.25, 0.3) is 0 Å². The molecular weight excluding hydrogens is 369 g/mol. The molecule has 1 atom stereocenters. The topological polar surface area (TPSA) is 94.1 Å². The lowest BCUT2D eigenvalue weighted by Gasteiger charge is -2.16. The highest BCUT2D eigenvalue weighted by molar-refractivity contribution is 5.97. The first kappa shape index (κ1) is 21.2. The van der Waals surface area contributed by atoms with Crippen LogP contribution in [0.15, 0.2) is 42.5 Å². The molecule has 0 aromatic heterocycles. The summed E-state index contributed by atoms with van der Waals surface area (Å²) in [7, 11) is 2.90. The minimum Gasteiger partial charge on any atom is -0.494 e. The first-order valence-electron chi connectivity index (χ1n) is 8.55. The van der Waals surface area contributed by atoms with Crippen LogP contribution in [0.5, 0.6) is 11.5 Å². The summed E-state index contributed by atoms with van der Waals surface area (Å²) in [5.41, 5.74) is 0.315. The van der Waals surface area contributed by atoms with Gasteiger partial charge < -0.3 is 24.6 Å². The summed E-state index contributed by atoms with van der Waals surface area (Å²) in [5, 5.41) is 11.9. The van der Waals surface area contributed by atoms with Crippen LogP contribution in [-0.2, 0) is 9.53 Å². The molecule has 0 saturated heterocycles. The first-order chi connectivity index (χ1) is 13.5. The Labute approximate surface area is 162 Å². The van der Waals surface area contributed by atoms with Crippen molar-refractivity contribution >= 4 is 11.9 Å². The van der Waals surface area contributed by atoms with Gasteiger partial charge in [-0.1, -0.05) is 12.1 Å². The van der Waals surface area contributed by atoms with E-state index in [0.717, 1.165) is 6.07 Å². The summed E-state index contributed by atoms with van der Waals surface area (Å²) in [6.07, 6.45) is 0.692. The Balaban J connectivity index is 2.12. The highest BCUT2D eigenvalue weighted by Crippen LogP contribution is 2.23. The molecule has 0 bridgehead atoms. The molecule has 2 N–H and O–H groups in total. The normalized spacial score (nSPS) is 11.5. The second-order valence-corrected chi connectivity index (χ2v) is 5.86. The van der Waals surface area contributed by atoms with Crippen LogP contribution in [0.2, 0.25) is 0 Å². The van der Waals surface area contributed by atoms with E-state index in [9.17, 15) is 19.1 Å². The van der Waals surface area contributed by atoms with Gasteiger partial charge in [-0.2, -0.15) is 0 Å². The SMILES string of the molecule is COCCCOc1cccc(C(=O)NC(C(=O)O)c2ccc(OC)c(F)c2)c1. The van der Waals surface area contributed by atoms with Crippen molar-refractivity contribution in [3.05, 3.63) is 59.4 Å². The zero-order valence-corrected chi connectivity index (χ0v) is 15.6. The van der Waals surface area contributed by atoms with Gasteiger partial charge in [0.05, 0.1) is 13.7 Å². The Bertz CT molecular complexity index is 826. The van der Waals surface area contributed by atoms with Gasteiger partial charge in [-0.3, -0.25) is 4.79 Å². The van der Waals surface area contributed by atoms with Crippen molar-refractivity contribution in [2.75, 3.05) is 27.4 Å². The number of halogens is 1. The van der Waals surface area contributed by atoms with Crippen molar-refractivity contribution < 1.29 is 33.3 Å². The number of carboxylic acids is 1. The predicted molar refractivity (Wildman–Crippen MR) is 99.2 cm³/mol. The Hall–Kier alpha value is -3.13. The van der Waals surface area contributed by atoms with Gasteiger partial charge in [0.1, 0.15) is 5.75 Å². The van der Waals surface area contributed by atoms with E-state index >= 15 is 0 Å². The number of aliphatic carboxylic acids is 1. The van der Waals surface area contributed by atoms with Gasteiger partial charge in [0, 0.05) is 25.7 Å². The quantitative estimate of drug-likeness (QED) is 0.605. The van der Waals surface area contributed by atoms with E-state index in [-0.39, 0.29) is 16.9 Å². The lowest BCUT2D eigenvalue weighted by atomic mass is 10.1. The van der Waals surface area contributed by atoms with Crippen molar-refractivity contribution in [1.82, 2.24) is 5.32 Å². The molecule has 0 radical (unpaired) electrons. The third-order valence-electron chi connectivity index (χ3n) is 3.89. The average molecular weight is 391 g/mol. The van der Waals surface area contributed by atoms with Crippen LogP contribution in [0.3, 0.4) is 0 Å². The summed E-state index contributed by atoms with van der Waals surface area (Å²) >= 11 is 0. The zero-order chi connectivity index (χ0) is 20.5. The molecule has 7 nitrogen and oxygen atoms in total. The van der Waals surface area contributed by atoms with E-state index < -0.39 is 23.7 Å². The van der Waals surface area contributed by atoms with Crippen LogP contribution in [0.1, 0.15) is 28.4 Å². The molecular formula is C20H22FNO6. The zero-order valence-electron chi connectivity index (χ0n) is 15.6. The lowest BCUT2D eigenvalue weighted by molar-refractivity contribution is -0.139. The average Bonchev–Trinajstić information content (AvgIpc) is 2.69. The van der Waals surface area contributed by atoms with Gasteiger partial charge >= 0.3 is 5.97 Å². The predicted octanol–water partition coefficient (Wildman–Crippen LogP) is 2.81. The van der Waals surface area contributed by atoms with E-state index in [1.54, 1.807) is 19.2 Å². The van der Waals surface area contributed by atoms with Crippen molar-refractivity contribution in [2.24, 2.45) is 0 Å². The molecule has 0 aliphatic rings. The maximum Gasteiger partial charge on any atom is 0.330 e. The number of rotatable bonds is 10. The largest absolute Gasteiger partial charge is 0.494 e. The van der Waals surface area contributed by atoms with Crippen LogP contribution in [0, 0.1) is 5.82 Å². The van der Waals surface area contributed by atoms with Crippen LogP contribution in [-0.4, -0.2) is 44.4 Å². The Morgan fingerprint density at radius 3 is 2.57 bits per heavy atom. The number of ether oxygens (including phenoxy) is 3. The molecule has 28 heavy (non-hydrogen) atoms. The number of benzene rings is 2. The summed E-state index contributed by atoms with van der Waals surface area (Å²) in [6, 6.07) is 8.66. The van der Waals surface area contributed by atoms with Crippen LogP contribution < -0.4 is 14.8 Å². The Morgan fingerprint density at radius 2 is 1.93 bits per heavy atom. The highest BCUT2D eigenvalue weighted by Gasteiger charge is 2.24. The molecule has 0 fully saturated rings. The number of hydrogen-bond acceptors (Lipinski definition) is 5. The number of carbonyl (C=O) groups is 2. The Kier molecular flexibility index (Phi) is 7.76. The molecule has 8 heteroatoms. The van der Waals surface area contributed by atoms with Crippen LogP contribution in [0.4, 0.5) is 4.39 Å². The summed E-state index contributed by atoms with van der Waals surface area (Å²) in [5.74, 6) is -2.19. The summed E-state index contributed by atoms with van der Waals surface area (Å²) < 4.78 is 29.2. The highest BCUT2D eigenvalue weighted by atomic mass is 19.1. The fourth-order valence-electron chi connectivity index (χ4n) is 2.48. The number of methoxy groups -OCH3 is 2. The summed E-state index contributed by atoms with van der Waals surface area (Å²) in [4.78, 5) is 24.1. The molecule has 2 aromatic carbocycles. The van der Waals surface area contributed by atoms with E-state index in [0.29, 0.717) is 25.4 Å². The van der Waals surface area contributed by atoms with E-state index in [4.69, 9.17) is 14.2 Å². The molecule has 0 aliphatic heterocycles. The van der Waals surface area contributed by atoms with E-state index in [2.05, 4.69) is 5.32 Å². The van der Waals surface area contributed by atoms with Crippen molar-refractivity contribution in [3.8, 4) is 11.5 Å². The van der Waals surface area contributed by atoms with Crippen molar-refractivity contribution in [3.63, 3.8) is 0 Å². The maximum absolute atomic E-state index is 13.9. The number of carboxylic acid groups (broad SMARTS) is 1. The van der Waals surface area contributed by atoms with Gasteiger partial charge in [-0.05, 0) is 35.9 Å². The van der Waals surface area contributed by atoms with Gasteiger partial charge in [0.15, 0.2) is 17.6 Å². The van der Waals surface area contributed by atoms with Crippen molar-refractivity contribution in [1.29, 1.82) is 0 Å². The lowest BCUT2D eigenvalue weighted by Crippen LogP contribution is -2.33. The van der Waals surface area contributed by atoms with Gasteiger partial charge in [-0.15, -0.1) is 0 Å². The summed E-state index contributed by atoms with van der Waals surface area (Å²) in [6.45, 7) is 0.973. The number of nitrogens with one attached hydrogen (secondary N) is 1. The van der Waals surface area contributed by atoms with Crippen LogP contribution >= 0.6 is 0 Å².